The Bertz CT molecular complexity index is 482. The van der Waals surface area contributed by atoms with Crippen molar-refractivity contribution in [3.63, 3.8) is 0 Å². The molecule has 0 aliphatic carbocycles. The molecule has 0 amide bonds. The number of rotatable bonds is 0. The molecular weight excluding hydrogens is 198 g/mol. The molecule has 0 aliphatic rings. The lowest BCUT2D eigenvalue weighted by Crippen LogP contribution is -2.02. The Hall–Kier alpha value is -1.57. The summed E-state index contributed by atoms with van der Waals surface area (Å²) in [6, 6.07) is 7.93. The van der Waals surface area contributed by atoms with Gasteiger partial charge in [-0.3, -0.25) is 9.36 Å². The summed E-state index contributed by atoms with van der Waals surface area (Å²) in [5.41, 5.74) is 2.14. The summed E-state index contributed by atoms with van der Waals surface area (Å²) in [5.74, 6) is 0.0595. The summed E-state index contributed by atoms with van der Waals surface area (Å²) < 4.78 is 1.69. The van der Waals surface area contributed by atoms with Crippen LogP contribution in [-0.2, 0) is 0 Å². The number of fused-ring (bicyclic) bond motifs is 1. The van der Waals surface area contributed by atoms with Crippen molar-refractivity contribution in [1.82, 2.24) is 4.57 Å². The minimum absolute atomic E-state index is 0.0595. The predicted octanol–water partition coefficient (Wildman–Crippen LogP) is 4.03. The van der Waals surface area contributed by atoms with Crippen molar-refractivity contribution in [2.24, 2.45) is 0 Å². The molecule has 0 aliphatic heterocycles. The van der Waals surface area contributed by atoms with Gasteiger partial charge in [-0.25, -0.2) is 0 Å². The number of carbonyl (C=O) groups excluding carboxylic acids is 1. The van der Waals surface area contributed by atoms with Gasteiger partial charge in [-0.2, -0.15) is 0 Å². The fourth-order valence-corrected chi connectivity index (χ4v) is 1.61. The second kappa shape index (κ2) is 5.50. The predicted molar refractivity (Wildman–Crippen MR) is 68.9 cm³/mol. The third-order valence-corrected chi connectivity index (χ3v) is 2.25. The van der Waals surface area contributed by atoms with E-state index in [1.165, 1.54) is 6.42 Å². The van der Waals surface area contributed by atoms with Crippen molar-refractivity contribution < 1.29 is 4.79 Å². The number of benzene rings is 1. The number of hydrogen-bond donors (Lipinski definition) is 0. The Morgan fingerprint density at radius 3 is 2.38 bits per heavy atom. The Morgan fingerprint density at radius 2 is 1.81 bits per heavy atom. The zero-order valence-electron chi connectivity index (χ0n) is 10.4. The average Bonchev–Trinajstić information content (AvgIpc) is 2.58. The highest BCUT2D eigenvalue weighted by molar-refractivity contribution is 5.93. The molecule has 1 aromatic carbocycles. The molecule has 2 heteroatoms. The van der Waals surface area contributed by atoms with Crippen LogP contribution in [0.2, 0.25) is 0 Å². The zero-order valence-corrected chi connectivity index (χ0v) is 10.4. The van der Waals surface area contributed by atoms with Crippen LogP contribution in [0, 0.1) is 6.92 Å². The van der Waals surface area contributed by atoms with E-state index >= 15 is 0 Å². The summed E-state index contributed by atoms with van der Waals surface area (Å²) in [6.45, 7) is 7.84. The highest BCUT2D eigenvalue weighted by Gasteiger charge is 2.06. The van der Waals surface area contributed by atoms with E-state index in [2.05, 4.69) is 13.8 Å². The molecule has 0 bridgehead atoms. The van der Waals surface area contributed by atoms with Gasteiger partial charge in [0.2, 0.25) is 5.91 Å². The van der Waals surface area contributed by atoms with Gasteiger partial charge >= 0.3 is 0 Å². The van der Waals surface area contributed by atoms with Crippen molar-refractivity contribution in [2.45, 2.75) is 34.1 Å². The molecule has 2 rings (SSSR count). The first kappa shape index (κ1) is 12.5. The summed E-state index contributed by atoms with van der Waals surface area (Å²) in [5, 5.41) is 1.15. The standard InChI is InChI=1S/C11H11NO.C3H8/c1-8-7-12(9(2)13)11-6-4-3-5-10(8)11;1-3-2/h3-7H,1-2H3;3H2,1-2H3. The fraction of sp³-hybridized carbons (Fsp3) is 0.357. The van der Waals surface area contributed by atoms with Crippen molar-refractivity contribution in [2.75, 3.05) is 0 Å². The molecule has 0 saturated heterocycles. The molecular formula is C14H19NO. The van der Waals surface area contributed by atoms with E-state index in [1.807, 2.05) is 37.4 Å². The van der Waals surface area contributed by atoms with Crippen LogP contribution in [0.1, 0.15) is 37.6 Å². The molecule has 0 radical (unpaired) electrons. The van der Waals surface area contributed by atoms with E-state index in [9.17, 15) is 4.79 Å². The quantitative estimate of drug-likeness (QED) is 0.653. The van der Waals surface area contributed by atoms with E-state index < -0.39 is 0 Å². The molecule has 16 heavy (non-hydrogen) atoms. The maximum absolute atomic E-state index is 11.2. The minimum atomic E-state index is 0.0595. The van der Waals surface area contributed by atoms with Crippen LogP contribution in [0.25, 0.3) is 10.9 Å². The van der Waals surface area contributed by atoms with Crippen LogP contribution < -0.4 is 0 Å². The monoisotopic (exact) mass is 217 g/mol. The maximum Gasteiger partial charge on any atom is 0.227 e. The van der Waals surface area contributed by atoms with Crippen LogP contribution in [-0.4, -0.2) is 10.5 Å². The average molecular weight is 217 g/mol. The van der Waals surface area contributed by atoms with Gasteiger partial charge in [0, 0.05) is 18.5 Å². The van der Waals surface area contributed by atoms with E-state index in [4.69, 9.17) is 0 Å². The highest BCUT2D eigenvalue weighted by Crippen LogP contribution is 2.19. The Kier molecular flexibility index (Phi) is 4.29. The van der Waals surface area contributed by atoms with Gasteiger partial charge < -0.3 is 0 Å². The summed E-state index contributed by atoms with van der Waals surface area (Å²) in [7, 11) is 0. The van der Waals surface area contributed by atoms with Gasteiger partial charge in [-0.05, 0) is 18.6 Å². The van der Waals surface area contributed by atoms with Crippen LogP contribution in [0.4, 0.5) is 0 Å². The summed E-state index contributed by atoms with van der Waals surface area (Å²) in [4.78, 5) is 11.2. The summed E-state index contributed by atoms with van der Waals surface area (Å²) in [6.07, 6.45) is 3.13. The first-order valence-corrected chi connectivity index (χ1v) is 5.69. The lowest BCUT2D eigenvalue weighted by atomic mass is 10.2. The largest absolute Gasteiger partial charge is 0.287 e. The van der Waals surface area contributed by atoms with E-state index in [0.29, 0.717) is 0 Å². The molecule has 0 atom stereocenters. The molecule has 86 valence electrons. The number of hydrogen-bond acceptors (Lipinski definition) is 1. The lowest BCUT2D eigenvalue weighted by molar-refractivity contribution is 0.0941. The van der Waals surface area contributed by atoms with E-state index in [0.717, 1.165) is 16.5 Å². The lowest BCUT2D eigenvalue weighted by Gasteiger charge is -1.97. The molecule has 0 N–H and O–H groups in total. The first-order valence-electron chi connectivity index (χ1n) is 5.69. The smallest absolute Gasteiger partial charge is 0.227 e. The molecule has 0 unspecified atom stereocenters. The minimum Gasteiger partial charge on any atom is -0.287 e. The van der Waals surface area contributed by atoms with Crippen molar-refractivity contribution in [3.8, 4) is 0 Å². The molecule has 2 nitrogen and oxygen atoms in total. The normalized spacial score (nSPS) is 9.75. The van der Waals surface area contributed by atoms with Gasteiger partial charge in [0.1, 0.15) is 0 Å². The number of aromatic nitrogens is 1. The maximum atomic E-state index is 11.2. The fourth-order valence-electron chi connectivity index (χ4n) is 1.61. The van der Waals surface area contributed by atoms with Crippen LogP contribution >= 0.6 is 0 Å². The number of carbonyl (C=O) groups is 1. The highest BCUT2D eigenvalue weighted by atomic mass is 16.1. The second-order valence-corrected chi connectivity index (χ2v) is 3.93. The Labute approximate surface area is 96.9 Å². The Balaban J connectivity index is 0.000000386. The molecule has 0 fully saturated rings. The van der Waals surface area contributed by atoms with Gasteiger partial charge in [0.25, 0.3) is 0 Å². The van der Waals surface area contributed by atoms with Gasteiger partial charge in [-0.1, -0.05) is 38.5 Å². The molecule has 0 spiro atoms. The molecule has 0 saturated carbocycles. The van der Waals surface area contributed by atoms with Crippen LogP contribution in [0.5, 0.6) is 0 Å². The van der Waals surface area contributed by atoms with Crippen molar-refractivity contribution in [1.29, 1.82) is 0 Å². The molecule has 1 heterocycles. The number of aryl methyl sites for hydroxylation is 1. The second-order valence-electron chi connectivity index (χ2n) is 3.93. The summed E-state index contributed by atoms with van der Waals surface area (Å²) >= 11 is 0. The van der Waals surface area contributed by atoms with Gasteiger partial charge in [0.15, 0.2) is 0 Å². The topological polar surface area (TPSA) is 22.0 Å². The van der Waals surface area contributed by atoms with Crippen LogP contribution in [0.15, 0.2) is 30.5 Å². The third-order valence-electron chi connectivity index (χ3n) is 2.25. The van der Waals surface area contributed by atoms with E-state index in [1.54, 1.807) is 11.5 Å². The third kappa shape index (κ3) is 2.51. The zero-order chi connectivity index (χ0) is 12.1. The molecule has 1 aromatic heterocycles. The number of para-hydroxylation sites is 1. The molecule has 2 aromatic rings. The van der Waals surface area contributed by atoms with Crippen LogP contribution in [0.3, 0.4) is 0 Å². The van der Waals surface area contributed by atoms with Crippen molar-refractivity contribution in [3.05, 3.63) is 36.0 Å². The SMILES string of the molecule is CC(=O)n1cc(C)c2ccccc21.CCC. The number of nitrogens with zero attached hydrogens (tertiary/aromatic N) is 1. The van der Waals surface area contributed by atoms with E-state index in [-0.39, 0.29) is 5.91 Å². The van der Waals surface area contributed by atoms with Gasteiger partial charge in [0.05, 0.1) is 5.52 Å². The van der Waals surface area contributed by atoms with Gasteiger partial charge in [-0.15, -0.1) is 0 Å². The Morgan fingerprint density at radius 1 is 1.25 bits per heavy atom. The van der Waals surface area contributed by atoms with Crippen molar-refractivity contribution >= 4 is 16.8 Å². The first-order chi connectivity index (χ1) is 7.61.